The Morgan fingerprint density at radius 1 is 1.59 bits per heavy atom. The van der Waals surface area contributed by atoms with Crippen molar-refractivity contribution in [3.63, 3.8) is 0 Å². The molecule has 1 atom stereocenters. The molecule has 1 heterocycles. The molecular weight excluding hydrogens is 232 g/mol. The highest BCUT2D eigenvalue weighted by atomic mass is 32.1. The number of rotatable bonds is 6. The van der Waals surface area contributed by atoms with Crippen LogP contribution in [0.3, 0.4) is 0 Å². The van der Waals surface area contributed by atoms with Crippen LogP contribution in [0.25, 0.3) is 0 Å². The van der Waals surface area contributed by atoms with Gasteiger partial charge in [-0.1, -0.05) is 13.3 Å². The number of nitrogens with zero attached hydrogens (tertiary/aromatic N) is 1. The van der Waals surface area contributed by atoms with Gasteiger partial charge in [0, 0.05) is 24.4 Å². The van der Waals surface area contributed by atoms with Crippen molar-refractivity contribution in [2.24, 2.45) is 5.73 Å². The van der Waals surface area contributed by atoms with Gasteiger partial charge in [-0.15, -0.1) is 11.3 Å². The molecule has 0 radical (unpaired) electrons. The Labute approximate surface area is 108 Å². The van der Waals surface area contributed by atoms with Crippen molar-refractivity contribution in [3.8, 4) is 0 Å². The summed E-state index contributed by atoms with van der Waals surface area (Å²) in [5, 5.41) is 2.06. The zero-order chi connectivity index (χ0) is 12.8. The Bertz CT molecular complexity index is 362. The van der Waals surface area contributed by atoms with Gasteiger partial charge in [-0.3, -0.25) is 4.79 Å². The number of thiophene rings is 1. The summed E-state index contributed by atoms with van der Waals surface area (Å²) in [5.41, 5.74) is 7.14. The molecule has 1 amide bonds. The molecule has 2 N–H and O–H groups in total. The topological polar surface area (TPSA) is 46.3 Å². The number of hydrogen-bond acceptors (Lipinski definition) is 3. The smallest absolute Gasteiger partial charge is 0.224 e. The molecule has 0 aliphatic carbocycles. The summed E-state index contributed by atoms with van der Waals surface area (Å²) in [6, 6.07) is 2.08. The van der Waals surface area contributed by atoms with E-state index in [1.807, 2.05) is 7.05 Å². The van der Waals surface area contributed by atoms with Crippen molar-refractivity contribution in [1.29, 1.82) is 0 Å². The third kappa shape index (κ3) is 4.48. The molecule has 0 aliphatic heterocycles. The fourth-order valence-electron chi connectivity index (χ4n) is 1.72. The van der Waals surface area contributed by atoms with Crippen LogP contribution in [0.4, 0.5) is 0 Å². The summed E-state index contributed by atoms with van der Waals surface area (Å²) >= 11 is 1.70. The number of amides is 1. The molecule has 0 aliphatic rings. The Morgan fingerprint density at radius 3 is 2.82 bits per heavy atom. The lowest BCUT2D eigenvalue weighted by atomic mass is 10.1. The van der Waals surface area contributed by atoms with Gasteiger partial charge in [-0.05, 0) is 30.4 Å². The highest BCUT2D eigenvalue weighted by Crippen LogP contribution is 2.17. The first-order valence-electron chi connectivity index (χ1n) is 6.07. The van der Waals surface area contributed by atoms with Crippen molar-refractivity contribution in [2.45, 2.75) is 45.7 Å². The van der Waals surface area contributed by atoms with E-state index in [1.54, 1.807) is 16.2 Å². The first kappa shape index (κ1) is 14.2. The van der Waals surface area contributed by atoms with Gasteiger partial charge in [-0.25, -0.2) is 0 Å². The standard InChI is InChI=1S/C13H22N2OS/c1-4-5-11(14)8-13(16)15(3)9-12-10(2)6-7-17-12/h6-7,11H,4-5,8-9,14H2,1-3H3. The largest absolute Gasteiger partial charge is 0.341 e. The predicted molar refractivity (Wildman–Crippen MR) is 73.0 cm³/mol. The van der Waals surface area contributed by atoms with E-state index in [-0.39, 0.29) is 11.9 Å². The third-order valence-electron chi connectivity index (χ3n) is 2.87. The molecule has 0 fully saturated rings. The van der Waals surface area contributed by atoms with E-state index in [0.717, 1.165) is 12.8 Å². The monoisotopic (exact) mass is 254 g/mol. The van der Waals surface area contributed by atoms with Crippen LogP contribution >= 0.6 is 11.3 Å². The Hall–Kier alpha value is -0.870. The van der Waals surface area contributed by atoms with E-state index in [2.05, 4.69) is 25.3 Å². The minimum Gasteiger partial charge on any atom is -0.341 e. The lowest BCUT2D eigenvalue weighted by Crippen LogP contribution is -2.32. The zero-order valence-corrected chi connectivity index (χ0v) is 11.7. The van der Waals surface area contributed by atoms with Gasteiger partial charge < -0.3 is 10.6 Å². The summed E-state index contributed by atoms with van der Waals surface area (Å²) in [6.45, 7) is 4.86. The molecule has 96 valence electrons. The molecular formula is C13H22N2OS. The summed E-state index contributed by atoms with van der Waals surface area (Å²) in [4.78, 5) is 14.9. The zero-order valence-electron chi connectivity index (χ0n) is 10.9. The van der Waals surface area contributed by atoms with E-state index in [9.17, 15) is 4.79 Å². The minimum atomic E-state index is -0.000572. The second-order valence-electron chi connectivity index (χ2n) is 4.53. The van der Waals surface area contributed by atoms with Crippen molar-refractivity contribution in [1.82, 2.24) is 4.90 Å². The second-order valence-corrected chi connectivity index (χ2v) is 5.53. The van der Waals surface area contributed by atoms with E-state index in [0.29, 0.717) is 13.0 Å². The van der Waals surface area contributed by atoms with Gasteiger partial charge in [0.15, 0.2) is 0 Å². The van der Waals surface area contributed by atoms with Gasteiger partial charge in [0.1, 0.15) is 0 Å². The average molecular weight is 254 g/mol. The summed E-state index contributed by atoms with van der Waals surface area (Å²) in [5.74, 6) is 0.138. The van der Waals surface area contributed by atoms with Crippen molar-refractivity contribution in [3.05, 3.63) is 21.9 Å². The molecule has 17 heavy (non-hydrogen) atoms. The molecule has 0 saturated heterocycles. The van der Waals surface area contributed by atoms with Crippen LogP contribution in [0.2, 0.25) is 0 Å². The SMILES string of the molecule is CCCC(N)CC(=O)N(C)Cc1sccc1C. The maximum absolute atomic E-state index is 11.9. The lowest BCUT2D eigenvalue weighted by molar-refractivity contribution is -0.130. The van der Waals surface area contributed by atoms with E-state index >= 15 is 0 Å². The highest BCUT2D eigenvalue weighted by molar-refractivity contribution is 7.10. The first-order valence-corrected chi connectivity index (χ1v) is 6.95. The fourth-order valence-corrected chi connectivity index (χ4v) is 2.68. The molecule has 0 saturated carbocycles. The van der Waals surface area contributed by atoms with Crippen LogP contribution in [0.1, 0.15) is 36.6 Å². The fraction of sp³-hybridized carbons (Fsp3) is 0.615. The number of nitrogens with two attached hydrogens (primary N) is 1. The summed E-state index contributed by atoms with van der Waals surface area (Å²) in [6.07, 6.45) is 2.40. The van der Waals surface area contributed by atoms with Crippen LogP contribution in [0.5, 0.6) is 0 Å². The lowest BCUT2D eigenvalue weighted by Gasteiger charge is -2.19. The first-order chi connectivity index (χ1) is 8.04. The van der Waals surface area contributed by atoms with E-state index < -0.39 is 0 Å². The highest BCUT2D eigenvalue weighted by Gasteiger charge is 2.14. The van der Waals surface area contributed by atoms with Gasteiger partial charge in [0.2, 0.25) is 5.91 Å². The normalized spacial score (nSPS) is 12.5. The molecule has 4 heteroatoms. The Morgan fingerprint density at radius 2 is 2.29 bits per heavy atom. The van der Waals surface area contributed by atoms with Crippen LogP contribution < -0.4 is 5.73 Å². The van der Waals surface area contributed by atoms with E-state index in [1.165, 1.54) is 10.4 Å². The average Bonchev–Trinajstić information content (AvgIpc) is 2.64. The van der Waals surface area contributed by atoms with Crippen LogP contribution in [0.15, 0.2) is 11.4 Å². The Kier molecular flexibility index (Phi) is 5.65. The van der Waals surface area contributed by atoms with Crippen molar-refractivity contribution >= 4 is 17.2 Å². The number of carbonyl (C=O) groups is 1. The van der Waals surface area contributed by atoms with E-state index in [4.69, 9.17) is 5.73 Å². The maximum atomic E-state index is 11.9. The molecule has 1 aromatic rings. The molecule has 0 spiro atoms. The summed E-state index contributed by atoms with van der Waals surface area (Å²) < 4.78 is 0. The van der Waals surface area contributed by atoms with Gasteiger partial charge in [-0.2, -0.15) is 0 Å². The van der Waals surface area contributed by atoms with Gasteiger partial charge in [0.25, 0.3) is 0 Å². The number of aryl methyl sites for hydroxylation is 1. The van der Waals surface area contributed by atoms with Crippen molar-refractivity contribution < 1.29 is 4.79 Å². The second kappa shape index (κ2) is 6.77. The predicted octanol–water partition coefficient (Wildman–Crippen LogP) is 2.53. The van der Waals surface area contributed by atoms with Crippen LogP contribution in [-0.2, 0) is 11.3 Å². The minimum absolute atomic E-state index is 0.000572. The number of hydrogen-bond donors (Lipinski definition) is 1. The number of carbonyl (C=O) groups excluding carboxylic acids is 1. The molecule has 1 rings (SSSR count). The molecule has 3 nitrogen and oxygen atoms in total. The van der Waals surface area contributed by atoms with Gasteiger partial charge >= 0.3 is 0 Å². The quantitative estimate of drug-likeness (QED) is 0.848. The van der Waals surface area contributed by atoms with Crippen molar-refractivity contribution in [2.75, 3.05) is 7.05 Å². The van der Waals surface area contributed by atoms with Gasteiger partial charge in [0.05, 0.1) is 6.54 Å². The Balaban J connectivity index is 2.45. The van der Waals surface area contributed by atoms with Crippen LogP contribution in [0, 0.1) is 6.92 Å². The molecule has 1 unspecified atom stereocenters. The maximum Gasteiger partial charge on any atom is 0.224 e. The molecule has 0 bridgehead atoms. The third-order valence-corrected chi connectivity index (χ3v) is 3.88. The molecule has 1 aromatic heterocycles. The molecule has 0 aromatic carbocycles. The van der Waals surface area contributed by atoms with Crippen LogP contribution in [-0.4, -0.2) is 23.9 Å². The summed E-state index contributed by atoms with van der Waals surface area (Å²) in [7, 11) is 1.85.